The van der Waals surface area contributed by atoms with E-state index >= 15 is 0 Å². The highest BCUT2D eigenvalue weighted by Crippen LogP contribution is 2.16. The van der Waals surface area contributed by atoms with Crippen molar-refractivity contribution in [1.82, 2.24) is 14.1 Å². The summed E-state index contributed by atoms with van der Waals surface area (Å²) in [6, 6.07) is 8.98. The van der Waals surface area contributed by atoms with Gasteiger partial charge in [0.05, 0.1) is 11.9 Å². The maximum atomic E-state index is 12.2. The van der Waals surface area contributed by atoms with Gasteiger partial charge in [0.2, 0.25) is 10.0 Å². The second-order valence-corrected chi connectivity index (χ2v) is 8.34. The monoisotopic (exact) mass is 362 g/mol. The van der Waals surface area contributed by atoms with E-state index in [4.69, 9.17) is 0 Å². The molecule has 2 heterocycles. The molecule has 0 bridgehead atoms. The van der Waals surface area contributed by atoms with Crippen LogP contribution in [0.25, 0.3) is 5.69 Å². The lowest BCUT2D eigenvalue weighted by atomic mass is 10.1. The Morgan fingerprint density at radius 2 is 1.64 bits per heavy atom. The molecule has 2 aromatic rings. The molecule has 134 valence electrons. The zero-order valence-corrected chi connectivity index (χ0v) is 15.5. The van der Waals surface area contributed by atoms with Crippen LogP contribution in [0.15, 0.2) is 35.1 Å². The van der Waals surface area contributed by atoms with Crippen LogP contribution < -0.4 is 10.5 Å². The molecular formula is C17H22N4O3S. The van der Waals surface area contributed by atoms with Gasteiger partial charge in [-0.05, 0) is 43.2 Å². The van der Waals surface area contributed by atoms with Crippen molar-refractivity contribution >= 4 is 15.8 Å². The zero-order valence-electron chi connectivity index (χ0n) is 14.6. The minimum atomic E-state index is -3.17. The van der Waals surface area contributed by atoms with Crippen LogP contribution in [0.2, 0.25) is 0 Å². The van der Waals surface area contributed by atoms with Crippen molar-refractivity contribution in [2.24, 2.45) is 0 Å². The molecule has 0 aliphatic carbocycles. The molecule has 0 radical (unpaired) electrons. The van der Waals surface area contributed by atoms with Gasteiger partial charge in [-0.15, -0.1) is 5.10 Å². The molecule has 0 unspecified atom stereocenters. The van der Waals surface area contributed by atoms with Gasteiger partial charge in [0.25, 0.3) is 5.56 Å². The number of benzene rings is 1. The first-order chi connectivity index (χ1) is 11.8. The molecule has 0 atom stereocenters. The highest BCUT2D eigenvalue weighted by molar-refractivity contribution is 7.88. The minimum absolute atomic E-state index is 0.193. The van der Waals surface area contributed by atoms with Crippen molar-refractivity contribution in [3.05, 3.63) is 51.8 Å². The maximum absolute atomic E-state index is 12.2. The predicted octanol–water partition coefficient (Wildman–Crippen LogP) is 0.931. The second kappa shape index (κ2) is 6.61. The topological polar surface area (TPSA) is 75.5 Å². The average molecular weight is 362 g/mol. The Morgan fingerprint density at radius 1 is 0.960 bits per heavy atom. The Labute approximate surface area is 147 Å². The molecule has 0 amide bonds. The summed E-state index contributed by atoms with van der Waals surface area (Å²) < 4.78 is 26.1. The summed E-state index contributed by atoms with van der Waals surface area (Å²) in [4.78, 5) is 14.2. The molecule has 1 fully saturated rings. The number of hydrogen-bond acceptors (Lipinski definition) is 5. The smallest absolute Gasteiger partial charge is 0.271 e. The first-order valence-corrected chi connectivity index (χ1v) is 9.98. The molecule has 25 heavy (non-hydrogen) atoms. The summed E-state index contributed by atoms with van der Waals surface area (Å²) in [6.07, 6.45) is 1.22. The molecule has 0 N–H and O–H groups in total. The van der Waals surface area contributed by atoms with Crippen molar-refractivity contribution in [2.75, 3.05) is 37.3 Å². The Balaban J connectivity index is 1.88. The van der Waals surface area contributed by atoms with E-state index in [2.05, 4.69) is 5.10 Å². The van der Waals surface area contributed by atoms with E-state index in [-0.39, 0.29) is 5.56 Å². The lowest BCUT2D eigenvalue weighted by Crippen LogP contribution is -2.48. The van der Waals surface area contributed by atoms with Gasteiger partial charge in [-0.1, -0.05) is 6.07 Å². The van der Waals surface area contributed by atoms with Gasteiger partial charge in [0, 0.05) is 32.2 Å². The van der Waals surface area contributed by atoms with Crippen LogP contribution in [-0.4, -0.2) is 54.9 Å². The van der Waals surface area contributed by atoms with Gasteiger partial charge >= 0.3 is 0 Å². The molecule has 1 aromatic heterocycles. The molecule has 0 spiro atoms. The second-order valence-electron chi connectivity index (χ2n) is 6.36. The lowest BCUT2D eigenvalue weighted by molar-refractivity contribution is 0.386. The number of anilines is 1. The lowest BCUT2D eigenvalue weighted by Gasteiger charge is -2.33. The number of aromatic nitrogens is 2. The van der Waals surface area contributed by atoms with Crippen molar-refractivity contribution in [3.63, 3.8) is 0 Å². The van der Waals surface area contributed by atoms with Crippen molar-refractivity contribution in [1.29, 1.82) is 0 Å². The number of rotatable bonds is 3. The number of piperazine rings is 1. The molecule has 1 aliphatic heterocycles. The summed E-state index contributed by atoms with van der Waals surface area (Å²) in [5.41, 5.74) is 2.79. The molecule has 1 saturated heterocycles. The SMILES string of the molecule is Cc1ccc(-n2nc(N3CCN(S(C)(=O)=O)CC3)ccc2=O)cc1C. The highest BCUT2D eigenvalue weighted by atomic mass is 32.2. The van der Waals surface area contributed by atoms with Gasteiger partial charge in [-0.3, -0.25) is 4.79 Å². The van der Waals surface area contributed by atoms with Crippen LogP contribution in [0, 0.1) is 13.8 Å². The quantitative estimate of drug-likeness (QED) is 0.812. The fourth-order valence-corrected chi connectivity index (χ4v) is 3.69. The van der Waals surface area contributed by atoms with Gasteiger partial charge in [-0.2, -0.15) is 8.99 Å². The molecule has 0 saturated carbocycles. The number of aryl methyl sites for hydroxylation is 2. The van der Waals surface area contributed by atoms with Gasteiger partial charge in [0.15, 0.2) is 0 Å². The first kappa shape index (κ1) is 17.6. The van der Waals surface area contributed by atoms with E-state index in [1.165, 1.54) is 21.3 Å². The third-order valence-electron chi connectivity index (χ3n) is 4.55. The minimum Gasteiger partial charge on any atom is -0.353 e. The summed E-state index contributed by atoms with van der Waals surface area (Å²) in [6.45, 7) is 5.95. The fourth-order valence-electron chi connectivity index (χ4n) is 2.86. The Hall–Kier alpha value is -2.19. The average Bonchev–Trinajstić information content (AvgIpc) is 2.57. The molecular weight excluding hydrogens is 340 g/mol. The van der Waals surface area contributed by atoms with E-state index in [0.29, 0.717) is 32.0 Å². The third kappa shape index (κ3) is 3.74. The fraction of sp³-hybridized carbons (Fsp3) is 0.412. The Morgan fingerprint density at radius 3 is 2.24 bits per heavy atom. The van der Waals surface area contributed by atoms with Gasteiger partial charge in [-0.25, -0.2) is 8.42 Å². The summed E-state index contributed by atoms with van der Waals surface area (Å²) in [5, 5.41) is 4.49. The summed E-state index contributed by atoms with van der Waals surface area (Å²) >= 11 is 0. The van der Waals surface area contributed by atoms with E-state index in [1.807, 2.05) is 36.9 Å². The number of sulfonamides is 1. The molecule has 7 nitrogen and oxygen atoms in total. The van der Waals surface area contributed by atoms with Crippen molar-refractivity contribution < 1.29 is 8.42 Å². The Kier molecular flexibility index (Phi) is 4.66. The standard InChI is InChI=1S/C17H22N4O3S/c1-13-4-5-15(12-14(13)2)21-17(22)7-6-16(18-21)19-8-10-20(11-9-19)25(3,23)24/h4-7,12H,8-11H2,1-3H3. The molecule has 3 rings (SSSR count). The van der Waals surface area contributed by atoms with Gasteiger partial charge < -0.3 is 4.90 Å². The molecule has 8 heteroatoms. The van der Waals surface area contributed by atoms with Crippen LogP contribution in [0.5, 0.6) is 0 Å². The van der Waals surface area contributed by atoms with Crippen LogP contribution in [-0.2, 0) is 10.0 Å². The number of nitrogens with zero attached hydrogens (tertiary/aromatic N) is 4. The van der Waals surface area contributed by atoms with E-state index in [1.54, 1.807) is 6.07 Å². The van der Waals surface area contributed by atoms with Crippen molar-refractivity contribution in [3.8, 4) is 5.69 Å². The highest BCUT2D eigenvalue weighted by Gasteiger charge is 2.24. The third-order valence-corrected chi connectivity index (χ3v) is 5.86. The Bertz CT molecular complexity index is 945. The predicted molar refractivity (Wildman–Crippen MR) is 97.9 cm³/mol. The van der Waals surface area contributed by atoms with Crippen LogP contribution in [0.3, 0.4) is 0 Å². The first-order valence-electron chi connectivity index (χ1n) is 8.14. The van der Waals surface area contributed by atoms with Gasteiger partial charge in [0.1, 0.15) is 5.82 Å². The largest absolute Gasteiger partial charge is 0.353 e. The number of hydrogen-bond donors (Lipinski definition) is 0. The van der Waals surface area contributed by atoms with Crippen LogP contribution in [0.4, 0.5) is 5.82 Å². The van der Waals surface area contributed by atoms with Crippen LogP contribution in [0.1, 0.15) is 11.1 Å². The van der Waals surface area contributed by atoms with Crippen molar-refractivity contribution in [2.45, 2.75) is 13.8 Å². The van der Waals surface area contributed by atoms with E-state index < -0.39 is 10.0 Å². The summed E-state index contributed by atoms with van der Waals surface area (Å²) in [5.74, 6) is 0.672. The normalized spacial score (nSPS) is 16.2. The molecule has 1 aliphatic rings. The van der Waals surface area contributed by atoms with E-state index in [9.17, 15) is 13.2 Å². The van der Waals surface area contributed by atoms with E-state index in [0.717, 1.165) is 16.8 Å². The van der Waals surface area contributed by atoms with Crippen LogP contribution >= 0.6 is 0 Å². The zero-order chi connectivity index (χ0) is 18.2. The molecule has 1 aromatic carbocycles. The maximum Gasteiger partial charge on any atom is 0.271 e. The summed E-state index contributed by atoms with van der Waals surface area (Å²) in [7, 11) is -3.17.